The number of benzene rings is 1. The zero-order valence-electron chi connectivity index (χ0n) is 15.0. The van der Waals surface area contributed by atoms with E-state index in [1.54, 1.807) is 23.0 Å². The Labute approximate surface area is 153 Å². The molecule has 2 aromatic rings. The van der Waals surface area contributed by atoms with Gasteiger partial charge in [-0.1, -0.05) is 6.07 Å². The summed E-state index contributed by atoms with van der Waals surface area (Å²) in [5.74, 6) is 0.956. The Morgan fingerprint density at radius 1 is 1.35 bits per heavy atom. The smallest absolute Gasteiger partial charge is 0.220 e. The largest absolute Gasteiger partial charge is 0.352 e. The number of carbonyl (C=O) groups excluding carboxylic acids is 1. The molecule has 5 nitrogen and oxygen atoms in total. The van der Waals surface area contributed by atoms with Gasteiger partial charge in [0.15, 0.2) is 0 Å². The highest BCUT2D eigenvalue weighted by atomic mass is 19.1. The molecular weight excluding hydrogens is 331 g/mol. The number of carbonyl (C=O) groups is 1. The average molecular weight is 356 g/mol. The highest BCUT2D eigenvalue weighted by Crippen LogP contribution is 2.32. The minimum absolute atomic E-state index is 0.0613. The molecule has 0 aliphatic carbocycles. The van der Waals surface area contributed by atoms with Crippen LogP contribution >= 0.6 is 0 Å². The summed E-state index contributed by atoms with van der Waals surface area (Å²) in [5, 5.41) is 6.54. The maximum Gasteiger partial charge on any atom is 0.220 e. The van der Waals surface area contributed by atoms with Crippen molar-refractivity contribution in [1.29, 1.82) is 0 Å². The lowest BCUT2D eigenvalue weighted by Gasteiger charge is -2.28. The Morgan fingerprint density at radius 3 is 2.77 bits per heavy atom. The van der Waals surface area contributed by atoms with Gasteiger partial charge in [0.05, 0.1) is 5.69 Å². The number of nitrogens with one attached hydrogen (secondary N) is 2. The number of amides is 1. The lowest BCUT2D eigenvalue weighted by atomic mass is 9.89. The van der Waals surface area contributed by atoms with E-state index in [2.05, 4.69) is 15.6 Å². The van der Waals surface area contributed by atoms with Crippen molar-refractivity contribution in [3.05, 3.63) is 47.8 Å². The fourth-order valence-corrected chi connectivity index (χ4v) is 4.37. The Hall–Kier alpha value is -2.21. The molecule has 2 N–H and O–H groups in total. The molecule has 6 heteroatoms. The molecule has 2 saturated heterocycles. The van der Waals surface area contributed by atoms with Crippen molar-refractivity contribution >= 4 is 5.91 Å². The van der Waals surface area contributed by atoms with Crippen LogP contribution in [0.1, 0.15) is 43.5 Å². The molecule has 4 rings (SSSR count). The van der Waals surface area contributed by atoms with E-state index in [4.69, 9.17) is 0 Å². The van der Waals surface area contributed by atoms with Crippen LogP contribution in [0.4, 0.5) is 4.39 Å². The van der Waals surface area contributed by atoms with Crippen molar-refractivity contribution in [2.24, 2.45) is 5.92 Å². The van der Waals surface area contributed by atoms with Crippen LogP contribution in [0.2, 0.25) is 0 Å². The molecule has 1 amide bonds. The predicted octanol–water partition coefficient (Wildman–Crippen LogP) is 2.86. The van der Waals surface area contributed by atoms with Gasteiger partial charge in [-0.05, 0) is 56.2 Å². The third kappa shape index (κ3) is 3.65. The molecule has 1 aromatic carbocycles. The monoisotopic (exact) mass is 356 g/mol. The third-order valence-electron chi connectivity index (χ3n) is 5.63. The quantitative estimate of drug-likeness (QED) is 0.866. The second kappa shape index (κ2) is 7.19. The fraction of sp³-hybridized carbons (Fsp3) is 0.500. The standard InChI is InChI=1S/C20H25FN4O/c1-13-22-6-7-25(13)19-5-2-14(10-18(19)21)12-23-20(26)11-15-8-16-3-4-17(9-15)24-16/h2,5-7,10,15-17,24H,3-4,8-9,11-12H2,1H3,(H,23,26). The van der Waals surface area contributed by atoms with Gasteiger partial charge in [-0.3, -0.25) is 4.79 Å². The highest BCUT2D eigenvalue weighted by molar-refractivity contribution is 5.76. The van der Waals surface area contributed by atoms with Crippen molar-refractivity contribution in [3.63, 3.8) is 0 Å². The summed E-state index contributed by atoms with van der Waals surface area (Å²) in [4.78, 5) is 16.4. The minimum atomic E-state index is -0.312. The first-order chi connectivity index (χ1) is 12.6. The van der Waals surface area contributed by atoms with Crippen LogP contribution in [-0.4, -0.2) is 27.5 Å². The minimum Gasteiger partial charge on any atom is -0.352 e. The molecule has 2 bridgehead atoms. The van der Waals surface area contributed by atoms with Gasteiger partial charge >= 0.3 is 0 Å². The van der Waals surface area contributed by atoms with E-state index in [1.165, 1.54) is 18.9 Å². The second-order valence-electron chi connectivity index (χ2n) is 7.59. The molecular formula is C20H25FN4O. The van der Waals surface area contributed by atoms with Gasteiger partial charge in [0.1, 0.15) is 11.6 Å². The topological polar surface area (TPSA) is 59.0 Å². The Morgan fingerprint density at radius 2 is 2.12 bits per heavy atom. The van der Waals surface area contributed by atoms with Crippen LogP contribution in [0.5, 0.6) is 0 Å². The summed E-state index contributed by atoms with van der Waals surface area (Å²) in [5.41, 5.74) is 1.24. The number of nitrogens with zero attached hydrogens (tertiary/aromatic N) is 2. The Balaban J connectivity index is 1.32. The van der Waals surface area contributed by atoms with Crippen LogP contribution < -0.4 is 10.6 Å². The maximum atomic E-state index is 14.4. The lowest BCUT2D eigenvalue weighted by molar-refractivity contribution is -0.122. The van der Waals surface area contributed by atoms with E-state index in [1.807, 2.05) is 13.0 Å². The van der Waals surface area contributed by atoms with Gasteiger partial charge in [-0.2, -0.15) is 0 Å². The number of hydrogen-bond acceptors (Lipinski definition) is 3. The number of piperidine rings is 1. The van der Waals surface area contributed by atoms with Gasteiger partial charge in [0.2, 0.25) is 5.91 Å². The van der Waals surface area contributed by atoms with Crippen LogP contribution in [0, 0.1) is 18.7 Å². The third-order valence-corrected chi connectivity index (χ3v) is 5.63. The number of aryl methyl sites for hydroxylation is 1. The van der Waals surface area contributed by atoms with Gasteiger partial charge in [-0.15, -0.1) is 0 Å². The van der Waals surface area contributed by atoms with E-state index >= 15 is 0 Å². The molecule has 2 aliphatic rings. The highest BCUT2D eigenvalue weighted by Gasteiger charge is 2.34. The molecule has 2 aliphatic heterocycles. The number of imidazole rings is 1. The number of rotatable bonds is 5. The molecule has 0 radical (unpaired) electrons. The van der Waals surface area contributed by atoms with Crippen LogP contribution in [0.3, 0.4) is 0 Å². The van der Waals surface area contributed by atoms with E-state index < -0.39 is 0 Å². The van der Waals surface area contributed by atoms with Crippen LogP contribution in [0.15, 0.2) is 30.6 Å². The molecule has 2 fully saturated rings. The zero-order chi connectivity index (χ0) is 18.1. The van der Waals surface area contributed by atoms with Crippen molar-refractivity contribution < 1.29 is 9.18 Å². The lowest BCUT2D eigenvalue weighted by Crippen LogP contribution is -2.39. The maximum absolute atomic E-state index is 14.4. The molecule has 138 valence electrons. The molecule has 1 aromatic heterocycles. The van der Waals surface area contributed by atoms with Gasteiger partial charge in [0.25, 0.3) is 0 Å². The van der Waals surface area contributed by atoms with E-state index in [0.717, 1.165) is 24.2 Å². The average Bonchev–Trinajstić information content (AvgIpc) is 3.18. The van der Waals surface area contributed by atoms with Gasteiger partial charge in [0, 0.05) is 37.4 Å². The van der Waals surface area contributed by atoms with Crippen molar-refractivity contribution in [2.75, 3.05) is 0 Å². The Bertz CT molecular complexity index is 791. The summed E-state index contributed by atoms with van der Waals surface area (Å²) in [7, 11) is 0. The molecule has 2 atom stereocenters. The zero-order valence-corrected chi connectivity index (χ0v) is 15.0. The first-order valence-corrected chi connectivity index (χ1v) is 9.40. The summed E-state index contributed by atoms with van der Waals surface area (Å²) in [6.45, 7) is 2.19. The second-order valence-corrected chi connectivity index (χ2v) is 7.59. The molecule has 26 heavy (non-hydrogen) atoms. The molecule has 3 heterocycles. The predicted molar refractivity (Wildman–Crippen MR) is 97.4 cm³/mol. The number of hydrogen-bond donors (Lipinski definition) is 2. The van der Waals surface area contributed by atoms with Gasteiger partial charge < -0.3 is 15.2 Å². The number of fused-ring (bicyclic) bond motifs is 2. The fourth-order valence-electron chi connectivity index (χ4n) is 4.37. The van der Waals surface area contributed by atoms with Gasteiger partial charge in [-0.25, -0.2) is 9.37 Å². The molecule has 2 unspecified atom stereocenters. The van der Waals surface area contributed by atoms with E-state index in [9.17, 15) is 9.18 Å². The summed E-state index contributed by atoms with van der Waals surface area (Å²) < 4.78 is 16.1. The van der Waals surface area contributed by atoms with Crippen molar-refractivity contribution in [3.8, 4) is 5.69 Å². The van der Waals surface area contributed by atoms with Crippen LogP contribution in [-0.2, 0) is 11.3 Å². The molecule has 0 spiro atoms. The molecule has 0 saturated carbocycles. The first-order valence-electron chi connectivity index (χ1n) is 9.40. The van der Waals surface area contributed by atoms with Crippen molar-refractivity contribution in [1.82, 2.24) is 20.2 Å². The van der Waals surface area contributed by atoms with E-state index in [-0.39, 0.29) is 11.7 Å². The SMILES string of the molecule is Cc1nccn1-c1ccc(CNC(=O)CC2CC3CCC(C2)N3)cc1F. The number of aromatic nitrogens is 2. The van der Waals surface area contributed by atoms with E-state index in [0.29, 0.717) is 36.7 Å². The first kappa shape index (κ1) is 17.2. The van der Waals surface area contributed by atoms with Crippen LogP contribution in [0.25, 0.3) is 5.69 Å². The summed E-state index contributed by atoms with van der Waals surface area (Å²) >= 11 is 0. The number of halogens is 1. The normalized spacial score (nSPS) is 24.6. The summed E-state index contributed by atoms with van der Waals surface area (Å²) in [6.07, 6.45) is 8.63. The van der Waals surface area contributed by atoms with Crippen molar-refractivity contribution in [2.45, 2.75) is 57.7 Å². The summed E-state index contributed by atoms with van der Waals surface area (Å²) in [6, 6.07) is 6.26. The Kier molecular flexibility index (Phi) is 4.76.